The van der Waals surface area contributed by atoms with Crippen molar-refractivity contribution in [3.63, 3.8) is 0 Å². The molecule has 3 heteroatoms. The number of rotatable bonds is 4. The molecule has 3 aromatic rings. The number of fused-ring (bicyclic) bond motifs is 3. The molecular formula is C16H19N2O+. The van der Waals surface area contributed by atoms with Gasteiger partial charge in [0.15, 0.2) is 0 Å². The number of hydrogen-bond donors (Lipinski definition) is 2. The van der Waals surface area contributed by atoms with E-state index in [9.17, 15) is 5.11 Å². The molecule has 0 aliphatic rings. The standard InChI is InChI=1S/C16H18N2O/c1-17-10-12(19)11-18-15-8-4-2-6-13(15)14-7-3-5-9-16(14)18/h2-9,12,17,19H,10-11H2,1H3/p+1/t12-/m0/s1. The Kier molecular flexibility index (Phi) is 3.23. The van der Waals surface area contributed by atoms with Crippen molar-refractivity contribution in [2.45, 2.75) is 12.6 Å². The predicted octanol–water partition coefficient (Wildman–Crippen LogP) is 1.35. The lowest BCUT2D eigenvalue weighted by molar-refractivity contribution is -0.634. The normalized spacial score (nSPS) is 13.2. The Balaban J connectivity index is 2.19. The fourth-order valence-corrected chi connectivity index (χ4v) is 2.76. The minimum atomic E-state index is -0.329. The Morgan fingerprint density at radius 1 is 1.00 bits per heavy atom. The van der Waals surface area contributed by atoms with Crippen LogP contribution in [0.2, 0.25) is 0 Å². The van der Waals surface area contributed by atoms with Gasteiger partial charge in [-0.25, -0.2) is 0 Å². The zero-order valence-corrected chi connectivity index (χ0v) is 11.1. The van der Waals surface area contributed by atoms with Crippen molar-refractivity contribution in [1.82, 2.24) is 4.57 Å². The number of benzene rings is 2. The number of aliphatic hydroxyl groups is 1. The van der Waals surface area contributed by atoms with Crippen molar-refractivity contribution in [2.24, 2.45) is 0 Å². The summed E-state index contributed by atoms with van der Waals surface area (Å²) >= 11 is 0. The van der Waals surface area contributed by atoms with E-state index in [-0.39, 0.29) is 6.10 Å². The molecule has 0 amide bonds. The van der Waals surface area contributed by atoms with Gasteiger partial charge in [-0.1, -0.05) is 36.4 Å². The number of aliphatic hydroxyl groups excluding tert-OH is 1. The van der Waals surface area contributed by atoms with Gasteiger partial charge in [0.2, 0.25) is 0 Å². The van der Waals surface area contributed by atoms with E-state index in [1.807, 2.05) is 12.4 Å². The summed E-state index contributed by atoms with van der Waals surface area (Å²) in [6.07, 6.45) is -0.329. The quantitative estimate of drug-likeness (QED) is 0.726. The highest BCUT2D eigenvalue weighted by Gasteiger charge is 2.13. The summed E-state index contributed by atoms with van der Waals surface area (Å²) < 4.78 is 2.22. The zero-order chi connectivity index (χ0) is 13.2. The molecule has 3 rings (SSSR count). The maximum atomic E-state index is 10.1. The second-order valence-corrected chi connectivity index (χ2v) is 4.94. The van der Waals surface area contributed by atoms with E-state index in [0.717, 1.165) is 6.54 Å². The molecule has 0 saturated carbocycles. The molecule has 2 aromatic carbocycles. The molecule has 0 bridgehead atoms. The molecule has 19 heavy (non-hydrogen) atoms. The van der Waals surface area contributed by atoms with Crippen LogP contribution in [0, 0.1) is 0 Å². The highest BCUT2D eigenvalue weighted by atomic mass is 16.3. The van der Waals surface area contributed by atoms with Crippen LogP contribution in [0.25, 0.3) is 21.8 Å². The first-order chi connectivity index (χ1) is 9.31. The predicted molar refractivity (Wildman–Crippen MR) is 78.2 cm³/mol. The largest absolute Gasteiger partial charge is 0.385 e. The van der Waals surface area contributed by atoms with Crippen LogP contribution in [0.1, 0.15) is 0 Å². The first-order valence-corrected chi connectivity index (χ1v) is 6.73. The van der Waals surface area contributed by atoms with Gasteiger partial charge in [0, 0.05) is 21.8 Å². The average molecular weight is 255 g/mol. The van der Waals surface area contributed by atoms with Gasteiger partial charge >= 0.3 is 0 Å². The molecule has 1 aromatic heterocycles. The van der Waals surface area contributed by atoms with Crippen molar-refractivity contribution in [1.29, 1.82) is 0 Å². The van der Waals surface area contributed by atoms with Gasteiger partial charge in [-0.15, -0.1) is 0 Å². The van der Waals surface area contributed by atoms with Crippen LogP contribution < -0.4 is 5.32 Å². The molecule has 98 valence electrons. The molecule has 0 unspecified atom stereocenters. The smallest absolute Gasteiger partial charge is 0.121 e. The molecule has 0 aliphatic carbocycles. The third kappa shape index (κ3) is 2.11. The lowest BCUT2D eigenvalue weighted by atomic mass is 10.2. The Bertz CT molecular complexity index is 649. The zero-order valence-electron chi connectivity index (χ0n) is 11.1. The second-order valence-electron chi connectivity index (χ2n) is 4.94. The fourth-order valence-electron chi connectivity index (χ4n) is 2.76. The minimum Gasteiger partial charge on any atom is -0.385 e. The van der Waals surface area contributed by atoms with Crippen molar-refractivity contribution in [2.75, 3.05) is 13.6 Å². The highest BCUT2D eigenvalue weighted by Crippen LogP contribution is 2.28. The molecule has 0 saturated heterocycles. The number of aromatic nitrogens is 1. The van der Waals surface area contributed by atoms with Crippen molar-refractivity contribution < 1.29 is 10.4 Å². The van der Waals surface area contributed by atoms with Crippen molar-refractivity contribution in [3.8, 4) is 0 Å². The highest BCUT2D eigenvalue weighted by molar-refractivity contribution is 6.07. The van der Waals surface area contributed by atoms with Gasteiger partial charge in [0.25, 0.3) is 0 Å². The molecule has 0 radical (unpaired) electrons. The van der Waals surface area contributed by atoms with Gasteiger partial charge in [0.05, 0.1) is 13.6 Å². The molecule has 3 nitrogen and oxygen atoms in total. The van der Waals surface area contributed by atoms with E-state index in [1.165, 1.54) is 21.8 Å². The van der Waals surface area contributed by atoms with Crippen LogP contribution in [0.4, 0.5) is 0 Å². The maximum absolute atomic E-state index is 10.1. The summed E-state index contributed by atoms with van der Waals surface area (Å²) in [7, 11) is 1.98. The topological polar surface area (TPSA) is 41.8 Å². The summed E-state index contributed by atoms with van der Waals surface area (Å²) in [6.45, 7) is 1.36. The molecule has 0 fully saturated rings. The number of quaternary nitrogens is 1. The Hall–Kier alpha value is -1.84. The third-order valence-electron chi connectivity index (χ3n) is 3.58. The molecule has 1 atom stereocenters. The van der Waals surface area contributed by atoms with Crippen LogP contribution in [0.3, 0.4) is 0 Å². The molecule has 1 heterocycles. The van der Waals surface area contributed by atoms with E-state index in [1.54, 1.807) is 0 Å². The Morgan fingerprint density at radius 2 is 1.53 bits per heavy atom. The third-order valence-corrected chi connectivity index (χ3v) is 3.58. The Morgan fingerprint density at radius 3 is 2.05 bits per heavy atom. The van der Waals surface area contributed by atoms with Gasteiger partial charge in [-0.2, -0.15) is 0 Å². The van der Waals surface area contributed by atoms with E-state index in [4.69, 9.17) is 0 Å². The first kappa shape index (κ1) is 12.2. The van der Waals surface area contributed by atoms with Crippen LogP contribution in [-0.4, -0.2) is 29.4 Å². The summed E-state index contributed by atoms with van der Waals surface area (Å²) in [5.41, 5.74) is 2.39. The molecule has 0 aliphatic heterocycles. The van der Waals surface area contributed by atoms with E-state index >= 15 is 0 Å². The lowest BCUT2D eigenvalue weighted by Gasteiger charge is -2.11. The van der Waals surface area contributed by atoms with Gasteiger partial charge in [0.1, 0.15) is 12.6 Å². The number of nitrogens with two attached hydrogens (primary N) is 1. The van der Waals surface area contributed by atoms with Gasteiger partial charge < -0.3 is 15.0 Å². The number of nitrogens with zero attached hydrogens (tertiary/aromatic N) is 1. The fraction of sp³-hybridized carbons (Fsp3) is 0.250. The van der Waals surface area contributed by atoms with Gasteiger partial charge in [-0.05, 0) is 12.1 Å². The number of para-hydroxylation sites is 2. The van der Waals surface area contributed by atoms with Crippen molar-refractivity contribution >= 4 is 21.8 Å². The monoisotopic (exact) mass is 255 g/mol. The second kappa shape index (κ2) is 5.03. The maximum Gasteiger partial charge on any atom is 0.121 e. The van der Waals surface area contributed by atoms with E-state index in [2.05, 4.69) is 53.1 Å². The summed E-state index contributed by atoms with van der Waals surface area (Å²) in [5, 5.41) is 14.6. The van der Waals surface area contributed by atoms with Crippen LogP contribution in [0.5, 0.6) is 0 Å². The van der Waals surface area contributed by atoms with Crippen LogP contribution in [0.15, 0.2) is 48.5 Å². The van der Waals surface area contributed by atoms with Gasteiger partial charge in [-0.3, -0.25) is 0 Å². The first-order valence-electron chi connectivity index (χ1n) is 6.73. The average Bonchev–Trinajstić information content (AvgIpc) is 2.75. The number of likely N-dealkylation sites (N-methyl/N-ethyl adjacent to an activating group) is 1. The molecule has 0 spiro atoms. The van der Waals surface area contributed by atoms with E-state index < -0.39 is 0 Å². The van der Waals surface area contributed by atoms with Crippen LogP contribution >= 0.6 is 0 Å². The van der Waals surface area contributed by atoms with Crippen LogP contribution in [-0.2, 0) is 6.54 Å². The van der Waals surface area contributed by atoms with E-state index in [0.29, 0.717) is 6.54 Å². The Labute approximate surface area is 112 Å². The molecular weight excluding hydrogens is 236 g/mol. The lowest BCUT2D eigenvalue weighted by Crippen LogP contribution is -2.82. The SMILES string of the molecule is C[NH2+]C[C@H](O)Cn1c2ccccc2c2ccccc21. The summed E-state index contributed by atoms with van der Waals surface area (Å²) in [6, 6.07) is 16.8. The minimum absolute atomic E-state index is 0.329. The van der Waals surface area contributed by atoms with Crippen molar-refractivity contribution in [3.05, 3.63) is 48.5 Å². The number of hydrogen-bond acceptors (Lipinski definition) is 1. The molecule has 3 N–H and O–H groups in total. The summed E-state index contributed by atoms with van der Waals surface area (Å²) in [4.78, 5) is 0. The summed E-state index contributed by atoms with van der Waals surface area (Å²) in [5.74, 6) is 0.